The Morgan fingerprint density at radius 3 is 2.56 bits per heavy atom. The summed E-state index contributed by atoms with van der Waals surface area (Å²) in [5.41, 5.74) is 0. The van der Waals surface area contributed by atoms with E-state index in [2.05, 4.69) is 5.32 Å². The van der Waals surface area contributed by atoms with Gasteiger partial charge in [0.1, 0.15) is 0 Å². The molecule has 100 valence electrons. The molecule has 2 N–H and O–H groups in total. The van der Waals surface area contributed by atoms with E-state index in [0.717, 1.165) is 25.7 Å². The fourth-order valence-electron chi connectivity index (χ4n) is 2.61. The van der Waals surface area contributed by atoms with E-state index in [-0.39, 0.29) is 37.4 Å². The first-order valence-electron chi connectivity index (χ1n) is 6.36. The minimum absolute atomic E-state index is 0.00599. The summed E-state index contributed by atoms with van der Waals surface area (Å²) >= 11 is 0. The molecule has 1 saturated carbocycles. The van der Waals surface area contributed by atoms with Crippen molar-refractivity contribution in [2.24, 2.45) is 5.92 Å². The van der Waals surface area contributed by atoms with Gasteiger partial charge in [-0.05, 0) is 12.8 Å². The van der Waals surface area contributed by atoms with Crippen molar-refractivity contribution < 1.29 is 19.5 Å². The Hall–Kier alpha value is -1.59. The number of aliphatic carboxylic acids is 1. The standard InChI is InChI=1S/C12H18N2O4/c15-10(13-9-3-1-2-4-9)7-14-6-8(12(17)18)5-11(14)16/h8-9H,1-7H2,(H,13,15)(H,17,18). The maximum Gasteiger partial charge on any atom is 0.308 e. The second kappa shape index (κ2) is 5.37. The lowest BCUT2D eigenvalue weighted by Gasteiger charge is -2.18. The SMILES string of the molecule is O=C(CN1CC(C(=O)O)CC1=O)NC1CCCC1. The van der Waals surface area contributed by atoms with E-state index in [0.29, 0.717) is 0 Å². The predicted molar refractivity (Wildman–Crippen MR) is 62.7 cm³/mol. The van der Waals surface area contributed by atoms with Gasteiger partial charge in [0.05, 0.1) is 12.5 Å². The summed E-state index contributed by atoms with van der Waals surface area (Å²) in [7, 11) is 0. The van der Waals surface area contributed by atoms with Gasteiger partial charge in [-0.25, -0.2) is 0 Å². The topological polar surface area (TPSA) is 86.7 Å². The van der Waals surface area contributed by atoms with Crippen molar-refractivity contribution in [3.63, 3.8) is 0 Å². The molecular formula is C12H18N2O4. The van der Waals surface area contributed by atoms with Crippen LogP contribution in [0.1, 0.15) is 32.1 Å². The first-order valence-corrected chi connectivity index (χ1v) is 6.36. The largest absolute Gasteiger partial charge is 0.481 e. The van der Waals surface area contributed by atoms with Crippen LogP contribution in [0, 0.1) is 5.92 Å². The number of hydrogen-bond acceptors (Lipinski definition) is 3. The molecule has 0 bridgehead atoms. The molecule has 2 amide bonds. The van der Waals surface area contributed by atoms with E-state index in [1.165, 1.54) is 4.90 Å². The third-order valence-corrected chi connectivity index (χ3v) is 3.62. The quantitative estimate of drug-likeness (QED) is 0.738. The minimum atomic E-state index is -0.970. The molecule has 1 unspecified atom stereocenters. The Labute approximate surface area is 105 Å². The molecule has 1 aliphatic carbocycles. The molecule has 2 rings (SSSR count). The smallest absolute Gasteiger partial charge is 0.308 e. The van der Waals surface area contributed by atoms with E-state index in [4.69, 9.17) is 5.11 Å². The van der Waals surface area contributed by atoms with Crippen molar-refractivity contribution in [1.82, 2.24) is 10.2 Å². The second-order valence-corrected chi connectivity index (χ2v) is 5.06. The average Bonchev–Trinajstić information content (AvgIpc) is 2.89. The van der Waals surface area contributed by atoms with Crippen LogP contribution in [0.5, 0.6) is 0 Å². The maximum absolute atomic E-state index is 11.7. The monoisotopic (exact) mass is 254 g/mol. The molecule has 0 radical (unpaired) electrons. The van der Waals surface area contributed by atoms with Gasteiger partial charge >= 0.3 is 5.97 Å². The lowest BCUT2D eigenvalue weighted by Crippen LogP contribution is -2.41. The lowest BCUT2D eigenvalue weighted by atomic mass is 10.1. The molecule has 1 heterocycles. The van der Waals surface area contributed by atoms with Gasteiger partial charge in [-0.15, -0.1) is 0 Å². The van der Waals surface area contributed by atoms with Crippen molar-refractivity contribution in [1.29, 1.82) is 0 Å². The molecule has 1 aliphatic heterocycles. The maximum atomic E-state index is 11.7. The van der Waals surface area contributed by atoms with Crippen LogP contribution in [0.3, 0.4) is 0 Å². The zero-order valence-corrected chi connectivity index (χ0v) is 10.2. The first kappa shape index (κ1) is 12.9. The van der Waals surface area contributed by atoms with Gasteiger partial charge in [-0.1, -0.05) is 12.8 Å². The molecule has 2 fully saturated rings. The second-order valence-electron chi connectivity index (χ2n) is 5.06. The van der Waals surface area contributed by atoms with Crippen LogP contribution in [0.2, 0.25) is 0 Å². The number of carboxylic acids is 1. The van der Waals surface area contributed by atoms with Crippen molar-refractivity contribution >= 4 is 17.8 Å². The van der Waals surface area contributed by atoms with Crippen molar-refractivity contribution in [2.75, 3.05) is 13.1 Å². The Kier molecular flexibility index (Phi) is 3.84. The molecule has 2 aliphatic rings. The van der Waals surface area contributed by atoms with E-state index < -0.39 is 11.9 Å². The minimum Gasteiger partial charge on any atom is -0.481 e. The summed E-state index contributed by atoms with van der Waals surface area (Å²) in [6.45, 7) is 0.130. The van der Waals surface area contributed by atoms with Gasteiger partial charge in [-0.3, -0.25) is 14.4 Å². The number of rotatable bonds is 4. The Morgan fingerprint density at radius 2 is 2.00 bits per heavy atom. The Balaban J connectivity index is 1.80. The molecule has 6 nitrogen and oxygen atoms in total. The highest BCUT2D eigenvalue weighted by Crippen LogP contribution is 2.19. The third-order valence-electron chi connectivity index (χ3n) is 3.62. The van der Waals surface area contributed by atoms with Gasteiger partial charge in [0.2, 0.25) is 11.8 Å². The summed E-state index contributed by atoms with van der Waals surface area (Å²) in [4.78, 5) is 35.4. The van der Waals surface area contributed by atoms with Gasteiger partial charge in [0.25, 0.3) is 0 Å². The number of carbonyl (C=O) groups is 3. The summed E-state index contributed by atoms with van der Waals surface area (Å²) in [6, 6.07) is 0.227. The molecule has 1 saturated heterocycles. The molecule has 0 aromatic heterocycles. The highest BCUT2D eigenvalue weighted by molar-refractivity contribution is 5.89. The number of carbonyl (C=O) groups excluding carboxylic acids is 2. The number of amides is 2. The number of carboxylic acid groups (broad SMARTS) is 1. The van der Waals surface area contributed by atoms with Crippen LogP contribution in [-0.4, -0.2) is 46.9 Å². The van der Waals surface area contributed by atoms with Crippen molar-refractivity contribution in [3.8, 4) is 0 Å². The van der Waals surface area contributed by atoms with Crippen LogP contribution in [0.25, 0.3) is 0 Å². The van der Waals surface area contributed by atoms with E-state index >= 15 is 0 Å². The number of hydrogen-bond donors (Lipinski definition) is 2. The van der Waals surface area contributed by atoms with Crippen LogP contribution < -0.4 is 5.32 Å². The fraction of sp³-hybridized carbons (Fsp3) is 0.750. The summed E-state index contributed by atoms with van der Waals surface area (Å²) < 4.78 is 0. The number of nitrogens with zero attached hydrogens (tertiary/aromatic N) is 1. The summed E-state index contributed by atoms with van der Waals surface area (Å²) in [5, 5.41) is 11.7. The molecule has 0 aromatic rings. The van der Waals surface area contributed by atoms with E-state index in [9.17, 15) is 14.4 Å². The first-order chi connectivity index (χ1) is 8.56. The molecular weight excluding hydrogens is 236 g/mol. The number of likely N-dealkylation sites (tertiary alicyclic amines) is 1. The number of nitrogens with one attached hydrogen (secondary N) is 1. The zero-order chi connectivity index (χ0) is 13.1. The van der Waals surface area contributed by atoms with Gasteiger partial charge < -0.3 is 15.3 Å². The zero-order valence-electron chi connectivity index (χ0n) is 10.2. The predicted octanol–water partition coefficient (Wildman–Crippen LogP) is -0.0217. The van der Waals surface area contributed by atoms with Crippen LogP contribution in [-0.2, 0) is 14.4 Å². The van der Waals surface area contributed by atoms with Crippen LogP contribution >= 0.6 is 0 Å². The molecule has 1 atom stereocenters. The fourth-order valence-corrected chi connectivity index (χ4v) is 2.61. The van der Waals surface area contributed by atoms with Crippen molar-refractivity contribution in [2.45, 2.75) is 38.1 Å². The van der Waals surface area contributed by atoms with Crippen LogP contribution in [0.4, 0.5) is 0 Å². The summed E-state index contributed by atoms with van der Waals surface area (Å²) in [5.74, 6) is -2.07. The van der Waals surface area contributed by atoms with E-state index in [1.807, 2.05) is 0 Å². The molecule has 0 spiro atoms. The van der Waals surface area contributed by atoms with Crippen LogP contribution in [0.15, 0.2) is 0 Å². The third kappa shape index (κ3) is 3.00. The average molecular weight is 254 g/mol. The lowest BCUT2D eigenvalue weighted by molar-refractivity contribution is -0.141. The summed E-state index contributed by atoms with van der Waals surface area (Å²) in [6.07, 6.45) is 4.27. The van der Waals surface area contributed by atoms with E-state index in [1.54, 1.807) is 0 Å². The van der Waals surface area contributed by atoms with Gasteiger partial charge in [0, 0.05) is 19.0 Å². The normalized spacial score (nSPS) is 24.6. The van der Waals surface area contributed by atoms with Gasteiger partial charge in [0.15, 0.2) is 0 Å². The molecule has 0 aromatic carbocycles. The van der Waals surface area contributed by atoms with Crippen molar-refractivity contribution in [3.05, 3.63) is 0 Å². The highest BCUT2D eigenvalue weighted by Gasteiger charge is 2.35. The van der Waals surface area contributed by atoms with Gasteiger partial charge in [-0.2, -0.15) is 0 Å². The highest BCUT2D eigenvalue weighted by atomic mass is 16.4. The molecule has 6 heteroatoms. The Morgan fingerprint density at radius 1 is 1.33 bits per heavy atom. The molecule has 18 heavy (non-hydrogen) atoms. The Bertz CT molecular complexity index is 363.